The van der Waals surface area contributed by atoms with Crippen molar-refractivity contribution in [3.8, 4) is 5.75 Å². The number of carbonyl (C=O) groups is 1. The molecule has 0 atom stereocenters. The summed E-state index contributed by atoms with van der Waals surface area (Å²) in [4.78, 5) is 12.4. The van der Waals surface area contributed by atoms with Gasteiger partial charge in [0, 0.05) is 22.1 Å². The molecule has 3 aromatic rings. The van der Waals surface area contributed by atoms with Gasteiger partial charge >= 0.3 is 0 Å². The highest BCUT2D eigenvalue weighted by Gasteiger charge is 2.11. The first kappa shape index (κ1) is 16.9. The molecule has 126 valence electrons. The summed E-state index contributed by atoms with van der Waals surface area (Å²) in [5, 5.41) is 6.83. The van der Waals surface area contributed by atoms with Crippen molar-refractivity contribution in [1.82, 2.24) is 0 Å². The zero-order chi connectivity index (χ0) is 17.6. The number of halogens is 1. The third-order valence-corrected chi connectivity index (χ3v) is 3.88. The van der Waals surface area contributed by atoms with E-state index in [1.807, 2.05) is 54.6 Å². The van der Waals surface area contributed by atoms with Crippen LogP contribution in [0.5, 0.6) is 5.75 Å². The Morgan fingerprint density at radius 3 is 2.04 bits per heavy atom. The second-order valence-corrected chi connectivity index (χ2v) is 5.80. The summed E-state index contributed by atoms with van der Waals surface area (Å²) in [5.41, 5.74) is 3.05. The van der Waals surface area contributed by atoms with Crippen molar-refractivity contribution in [2.24, 2.45) is 0 Å². The average Bonchev–Trinajstić information content (AvgIpc) is 2.65. The number of ether oxygens (including phenoxy) is 1. The maximum absolute atomic E-state index is 12.4. The molecule has 0 bridgehead atoms. The topological polar surface area (TPSA) is 50.4 Å². The molecular weight excluding hydrogens is 336 g/mol. The highest BCUT2D eigenvalue weighted by Crippen LogP contribution is 2.22. The smallest absolute Gasteiger partial charge is 0.259 e. The van der Waals surface area contributed by atoms with Crippen molar-refractivity contribution in [2.45, 2.75) is 0 Å². The van der Waals surface area contributed by atoms with Crippen molar-refractivity contribution in [3.63, 3.8) is 0 Å². The monoisotopic (exact) mass is 352 g/mol. The summed E-state index contributed by atoms with van der Waals surface area (Å²) in [6.45, 7) is 0. The summed E-state index contributed by atoms with van der Waals surface area (Å²) in [6.07, 6.45) is 0. The molecule has 0 saturated heterocycles. The molecule has 0 spiro atoms. The van der Waals surface area contributed by atoms with Crippen LogP contribution in [0.1, 0.15) is 10.4 Å². The lowest BCUT2D eigenvalue weighted by Crippen LogP contribution is -2.13. The number of nitrogens with one attached hydrogen (secondary N) is 2. The van der Waals surface area contributed by atoms with Gasteiger partial charge in [-0.05, 0) is 60.7 Å². The predicted octanol–water partition coefficient (Wildman–Crippen LogP) is 5.34. The second kappa shape index (κ2) is 7.73. The number of para-hydroxylation sites is 1. The van der Waals surface area contributed by atoms with Crippen molar-refractivity contribution in [3.05, 3.63) is 83.4 Å². The molecule has 0 saturated carbocycles. The quantitative estimate of drug-likeness (QED) is 0.651. The molecule has 3 aromatic carbocycles. The Bertz CT molecular complexity index is 862. The molecule has 2 N–H and O–H groups in total. The van der Waals surface area contributed by atoms with Gasteiger partial charge in [-0.1, -0.05) is 23.7 Å². The number of carbonyl (C=O) groups excluding carboxylic acids is 1. The lowest BCUT2D eigenvalue weighted by molar-refractivity contribution is 0.102. The van der Waals surface area contributed by atoms with Crippen LogP contribution in [0.4, 0.5) is 17.1 Å². The van der Waals surface area contributed by atoms with Crippen molar-refractivity contribution < 1.29 is 9.53 Å². The predicted molar refractivity (Wildman–Crippen MR) is 102 cm³/mol. The third kappa shape index (κ3) is 4.31. The second-order valence-electron chi connectivity index (χ2n) is 5.36. The number of benzene rings is 3. The lowest BCUT2D eigenvalue weighted by Gasteiger charge is -2.10. The first-order valence-corrected chi connectivity index (χ1v) is 8.10. The number of hydrogen-bond donors (Lipinski definition) is 2. The van der Waals surface area contributed by atoms with Crippen LogP contribution in [0.25, 0.3) is 0 Å². The molecule has 1 amide bonds. The van der Waals surface area contributed by atoms with Crippen molar-refractivity contribution in [1.29, 1.82) is 0 Å². The van der Waals surface area contributed by atoms with Gasteiger partial charge in [0.1, 0.15) is 5.75 Å². The Morgan fingerprint density at radius 1 is 0.840 bits per heavy atom. The zero-order valence-electron chi connectivity index (χ0n) is 13.6. The van der Waals surface area contributed by atoms with Crippen LogP contribution in [0.2, 0.25) is 5.02 Å². The van der Waals surface area contributed by atoms with Crippen molar-refractivity contribution in [2.75, 3.05) is 17.7 Å². The first-order chi connectivity index (χ1) is 12.2. The number of anilines is 3. The van der Waals surface area contributed by atoms with Gasteiger partial charge in [-0.3, -0.25) is 4.79 Å². The molecule has 0 fully saturated rings. The molecule has 0 aliphatic carbocycles. The normalized spacial score (nSPS) is 10.2. The van der Waals surface area contributed by atoms with E-state index in [2.05, 4.69) is 10.6 Å². The van der Waals surface area contributed by atoms with Crippen LogP contribution >= 0.6 is 11.6 Å². The van der Waals surface area contributed by atoms with E-state index >= 15 is 0 Å². The van der Waals surface area contributed by atoms with Gasteiger partial charge in [-0.25, -0.2) is 0 Å². The van der Waals surface area contributed by atoms with E-state index in [1.165, 1.54) is 0 Å². The van der Waals surface area contributed by atoms with Gasteiger partial charge in [0.25, 0.3) is 5.91 Å². The summed E-state index contributed by atoms with van der Waals surface area (Å²) in [5.74, 6) is 0.330. The molecule has 0 aromatic heterocycles. The Hall–Kier alpha value is -2.98. The molecule has 25 heavy (non-hydrogen) atoms. The summed E-state index contributed by atoms with van der Waals surface area (Å²) < 4.78 is 5.22. The van der Waals surface area contributed by atoms with Gasteiger partial charge in [0.05, 0.1) is 12.7 Å². The van der Waals surface area contributed by atoms with Gasteiger partial charge in [0.2, 0.25) is 0 Å². The highest BCUT2D eigenvalue weighted by molar-refractivity contribution is 6.30. The Kier molecular flexibility index (Phi) is 5.21. The Balaban J connectivity index is 1.68. The van der Waals surface area contributed by atoms with E-state index in [1.54, 1.807) is 25.3 Å². The van der Waals surface area contributed by atoms with E-state index in [4.69, 9.17) is 16.3 Å². The molecule has 0 aliphatic heterocycles. The Morgan fingerprint density at radius 2 is 1.40 bits per heavy atom. The zero-order valence-corrected chi connectivity index (χ0v) is 14.4. The van der Waals surface area contributed by atoms with Crippen LogP contribution in [0.15, 0.2) is 72.8 Å². The average molecular weight is 353 g/mol. The van der Waals surface area contributed by atoms with E-state index in [0.717, 1.165) is 11.4 Å². The third-order valence-electron chi connectivity index (χ3n) is 3.63. The van der Waals surface area contributed by atoms with Crippen LogP contribution in [0.3, 0.4) is 0 Å². The fourth-order valence-corrected chi connectivity index (χ4v) is 2.49. The maximum Gasteiger partial charge on any atom is 0.259 e. The van der Waals surface area contributed by atoms with Gasteiger partial charge in [-0.15, -0.1) is 0 Å². The fourth-order valence-electron chi connectivity index (χ4n) is 2.37. The molecule has 5 heteroatoms. The summed E-state index contributed by atoms with van der Waals surface area (Å²) in [7, 11) is 1.54. The molecular formula is C20H17ClN2O2. The molecule has 4 nitrogen and oxygen atoms in total. The number of rotatable bonds is 5. The first-order valence-electron chi connectivity index (χ1n) is 7.73. The van der Waals surface area contributed by atoms with E-state index in [-0.39, 0.29) is 5.91 Å². The minimum absolute atomic E-state index is 0.212. The number of amides is 1. The molecule has 0 unspecified atom stereocenters. The maximum atomic E-state index is 12.4. The molecule has 0 heterocycles. The van der Waals surface area contributed by atoms with Crippen molar-refractivity contribution >= 4 is 34.6 Å². The van der Waals surface area contributed by atoms with Crippen LogP contribution in [0, 0.1) is 0 Å². The van der Waals surface area contributed by atoms with Gasteiger partial charge < -0.3 is 15.4 Å². The molecule has 0 radical (unpaired) electrons. The Labute approximate surface area is 151 Å². The molecule has 3 rings (SSSR count). The SMILES string of the molecule is COc1ccccc1C(=O)Nc1ccc(Nc2ccc(Cl)cc2)cc1. The standard InChI is InChI=1S/C20H17ClN2O2/c1-25-19-5-3-2-4-18(19)20(24)23-17-12-10-16(11-13-17)22-15-8-6-14(21)7-9-15/h2-13,22H,1H3,(H,23,24). The van der Waals surface area contributed by atoms with Crippen LogP contribution < -0.4 is 15.4 Å². The van der Waals surface area contributed by atoms with E-state index in [9.17, 15) is 4.79 Å². The molecule has 0 aliphatic rings. The summed E-state index contributed by atoms with van der Waals surface area (Å²) in [6, 6.07) is 22.0. The van der Waals surface area contributed by atoms with Crippen LogP contribution in [-0.4, -0.2) is 13.0 Å². The summed E-state index contributed by atoms with van der Waals surface area (Å²) >= 11 is 5.88. The van der Waals surface area contributed by atoms with Gasteiger partial charge in [0.15, 0.2) is 0 Å². The van der Waals surface area contributed by atoms with Gasteiger partial charge in [-0.2, -0.15) is 0 Å². The van der Waals surface area contributed by atoms with E-state index < -0.39 is 0 Å². The largest absolute Gasteiger partial charge is 0.496 e. The highest BCUT2D eigenvalue weighted by atomic mass is 35.5. The minimum Gasteiger partial charge on any atom is -0.496 e. The number of methoxy groups -OCH3 is 1. The van der Waals surface area contributed by atoms with E-state index in [0.29, 0.717) is 22.0 Å². The lowest BCUT2D eigenvalue weighted by atomic mass is 10.2. The number of hydrogen-bond acceptors (Lipinski definition) is 3. The fraction of sp³-hybridized carbons (Fsp3) is 0.0500. The van der Waals surface area contributed by atoms with Crippen LogP contribution in [-0.2, 0) is 0 Å². The minimum atomic E-state index is -0.212.